The Labute approximate surface area is 98.8 Å². The molecule has 4 nitrogen and oxygen atoms in total. The van der Waals surface area contributed by atoms with Crippen molar-refractivity contribution in [2.75, 3.05) is 5.75 Å². The first-order valence-electron chi connectivity index (χ1n) is 5.08. The zero-order chi connectivity index (χ0) is 11.8. The third-order valence-corrected chi connectivity index (χ3v) is 2.76. The minimum absolute atomic E-state index is 0.697. The summed E-state index contributed by atoms with van der Waals surface area (Å²) in [5.74, 6) is 0.0438. The van der Waals surface area contributed by atoms with Gasteiger partial charge in [-0.2, -0.15) is 0 Å². The van der Waals surface area contributed by atoms with Crippen LogP contribution < -0.4 is 0 Å². The summed E-state index contributed by atoms with van der Waals surface area (Å²) in [5, 5.41) is 9.18. The third-order valence-electron chi connectivity index (χ3n) is 1.80. The number of carboxylic acids is 1. The van der Waals surface area contributed by atoms with E-state index in [9.17, 15) is 4.79 Å². The zero-order valence-corrected chi connectivity index (χ0v) is 9.91. The number of hydrogen-bond acceptors (Lipinski definition) is 4. The summed E-state index contributed by atoms with van der Waals surface area (Å²) in [5.41, 5.74) is 0.697. The van der Waals surface area contributed by atoms with Gasteiger partial charge < -0.3 is 5.11 Å². The molecule has 0 aliphatic heterocycles. The molecule has 0 unspecified atom stereocenters. The molecule has 0 aliphatic carbocycles. The number of aromatic nitrogens is 2. The molecule has 5 heteroatoms. The molecular formula is C11H14N2O2S. The van der Waals surface area contributed by atoms with Crippen molar-refractivity contribution in [1.29, 1.82) is 0 Å². The maximum Gasteiger partial charge on any atom is 0.328 e. The van der Waals surface area contributed by atoms with Crippen molar-refractivity contribution >= 4 is 23.8 Å². The average Bonchev–Trinajstić information content (AvgIpc) is 2.28. The second-order valence-corrected chi connectivity index (χ2v) is 4.23. The van der Waals surface area contributed by atoms with Crippen molar-refractivity contribution in [3.05, 3.63) is 24.0 Å². The Hall–Kier alpha value is -1.36. The minimum atomic E-state index is -0.971. The first-order chi connectivity index (χ1) is 7.72. The van der Waals surface area contributed by atoms with Crippen molar-refractivity contribution in [2.45, 2.75) is 24.9 Å². The molecule has 0 aliphatic rings. The van der Waals surface area contributed by atoms with Crippen molar-refractivity contribution in [3.8, 4) is 0 Å². The van der Waals surface area contributed by atoms with Crippen LogP contribution in [0.3, 0.4) is 0 Å². The summed E-state index contributed by atoms with van der Waals surface area (Å²) >= 11 is 1.62. The average molecular weight is 238 g/mol. The fourth-order valence-electron chi connectivity index (χ4n) is 0.962. The molecule has 1 aromatic heterocycles. The fourth-order valence-corrected chi connectivity index (χ4v) is 1.83. The van der Waals surface area contributed by atoms with Crippen molar-refractivity contribution in [1.82, 2.24) is 9.97 Å². The first-order valence-corrected chi connectivity index (χ1v) is 6.06. The number of aliphatic carboxylic acids is 1. The first kappa shape index (κ1) is 12.7. The molecule has 0 atom stereocenters. The SMILES string of the molecule is CCCCSc1ncc(/C=C/C(=O)O)cn1. The lowest BCUT2D eigenvalue weighted by Crippen LogP contribution is -1.90. The highest BCUT2D eigenvalue weighted by Gasteiger charge is 1.97. The van der Waals surface area contributed by atoms with E-state index in [1.165, 1.54) is 6.08 Å². The van der Waals surface area contributed by atoms with Crippen molar-refractivity contribution < 1.29 is 9.90 Å². The Bertz CT molecular complexity index is 363. The van der Waals surface area contributed by atoms with Gasteiger partial charge >= 0.3 is 5.97 Å². The Morgan fingerprint density at radius 2 is 2.19 bits per heavy atom. The molecule has 1 heterocycles. The normalized spacial score (nSPS) is 10.8. The van der Waals surface area contributed by atoms with Gasteiger partial charge in [-0.1, -0.05) is 25.1 Å². The lowest BCUT2D eigenvalue weighted by atomic mass is 10.3. The fraction of sp³-hybridized carbons (Fsp3) is 0.364. The van der Waals surface area contributed by atoms with Gasteiger partial charge in [-0.25, -0.2) is 14.8 Å². The van der Waals surface area contributed by atoms with Gasteiger partial charge in [0.25, 0.3) is 0 Å². The lowest BCUT2D eigenvalue weighted by Gasteiger charge is -1.98. The van der Waals surface area contributed by atoms with Gasteiger partial charge in [0, 0.05) is 29.8 Å². The summed E-state index contributed by atoms with van der Waals surface area (Å²) < 4.78 is 0. The van der Waals surface area contributed by atoms with Crippen LogP contribution in [0.25, 0.3) is 6.08 Å². The number of hydrogen-bond donors (Lipinski definition) is 1. The molecule has 0 saturated carbocycles. The van der Waals surface area contributed by atoms with Crippen LogP contribution in [0.1, 0.15) is 25.3 Å². The van der Waals surface area contributed by atoms with Gasteiger partial charge in [0.1, 0.15) is 0 Å². The molecule has 0 radical (unpaired) electrons. The van der Waals surface area contributed by atoms with E-state index in [0.29, 0.717) is 5.56 Å². The number of unbranched alkanes of at least 4 members (excludes halogenated alkanes) is 1. The molecule has 1 aromatic rings. The monoisotopic (exact) mass is 238 g/mol. The highest BCUT2D eigenvalue weighted by Crippen LogP contribution is 2.14. The summed E-state index contributed by atoms with van der Waals surface area (Å²) in [4.78, 5) is 18.6. The van der Waals surface area contributed by atoms with Crippen LogP contribution in [0.15, 0.2) is 23.6 Å². The maximum absolute atomic E-state index is 10.3. The van der Waals surface area contributed by atoms with E-state index in [1.807, 2.05) is 0 Å². The summed E-state index contributed by atoms with van der Waals surface area (Å²) in [6.45, 7) is 2.14. The van der Waals surface area contributed by atoms with Crippen LogP contribution in [0.5, 0.6) is 0 Å². The van der Waals surface area contributed by atoms with Crippen LogP contribution in [-0.4, -0.2) is 26.8 Å². The lowest BCUT2D eigenvalue weighted by molar-refractivity contribution is -0.131. The van der Waals surface area contributed by atoms with E-state index < -0.39 is 5.97 Å². The van der Waals surface area contributed by atoms with E-state index in [2.05, 4.69) is 16.9 Å². The number of carboxylic acid groups (broad SMARTS) is 1. The molecule has 1 rings (SSSR count). The van der Waals surface area contributed by atoms with Crippen LogP contribution in [0.4, 0.5) is 0 Å². The van der Waals surface area contributed by atoms with Gasteiger partial charge in [-0.3, -0.25) is 0 Å². The quantitative estimate of drug-likeness (QED) is 0.357. The molecule has 0 amide bonds. The van der Waals surface area contributed by atoms with E-state index in [-0.39, 0.29) is 0 Å². The highest BCUT2D eigenvalue weighted by molar-refractivity contribution is 7.99. The van der Waals surface area contributed by atoms with E-state index in [1.54, 1.807) is 24.2 Å². The number of nitrogens with zero attached hydrogens (tertiary/aromatic N) is 2. The standard InChI is InChI=1S/C11H14N2O2S/c1-2-3-6-16-11-12-7-9(8-13-11)4-5-10(14)15/h4-5,7-8H,2-3,6H2,1H3,(H,14,15)/b5-4+. The van der Waals surface area contributed by atoms with Crippen LogP contribution in [0.2, 0.25) is 0 Å². The number of thioether (sulfide) groups is 1. The van der Waals surface area contributed by atoms with Gasteiger partial charge in [-0.15, -0.1) is 0 Å². The van der Waals surface area contributed by atoms with E-state index in [0.717, 1.165) is 29.8 Å². The second-order valence-electron chi connectivity index (χ2n) is 3.17. The summed E-state index contributed by atoms with van der Waals surface area (Å²) in [7, 11) is 0. The van der Waals surface area contributed by atoms with Crippen LogP contribution in [0, 0.1) is 0 Å². The predicted molar refractivity (Wildman–Crippen MR) is 64.3 cm³/mol. The Kier molecular flexibility index (Phi) is 5.56. The Morgan fingerprint density at radius 1 is 1.50 bits per heavy atom. The van der Waals surface area contributed by atoms with Crippen molar-refractivity contribution in [2.24, 2.45) is 0 Å². The Balaban J connectivity index is 2.51. The van der Waals surface area contributed by atoms with Gasteiger partial charge in [0.05, 0.1) is 0 Å². The second kappa shape index (κ2) is 7.00. The van der Waals surface area contributed by atoms with E-state index in [4.69, 9.17) is 5.11 Å². The number of carbonyl (C=O) groups is 1. The summed E-state index contributed by atoms with van der Waals surface area (Å²) in [6, 6.07) is 0. The topological polar surface area (TPSA) is 63.1 Å². The third kappa shape index (κ3) is 4.93. The molecule has 0 aromatic carbocycles. The molecular weight excluding hydrogens is 224 g/mol. The minimum Gasteiger partial charge on any atom is -0.478 e. The van der Waals surface area contributed by atoms with Crippen molar-refractivity contribution in [3.63, 3.8) is 0 Å². The molecule has 0 fully saturated rings. The Morgan fingerprint density at radius 3 is 2.75 bits per heavy atom. The van der Waals surface area contributed by atoms with Gasteiger partial charge in [-0.05, 0) is 12.5 Å². The molecule has 16 heavy (non-hydrogen) atoms. The predicted octanol–water partition coefficient (Wildman–Crippen LogP) is 2.47. The van der Waals surface area contributed by atoms with Gasteiger partial charge in [0.2, 0.25) is 0 Å². The van der Waals surface area contributed by atoms with Gasteiger partial charge in [0.15, 0.2) is 5.16 Å². The van der Waals surface area contributed by atoms with E-state index >= 15 is 0 Å². The summed E-state index contributed by atoms with van der Waals surface area (Å²) in [6.07, 6.45) is 8.11. The smallest absolute Gasteiger partial charge is 0.328 e. The van der Waals surface area contributed by atoms with Crippen LogP contribution in [-0.2, 0) is 4.79 Å². The molecule has 0 bridgehead atoms. The maximum atomic E-state index is 10.3. The largest absolute Gasteiger partial charge is 0.478 e. The number of rotatable bonds is 6. The molecule has 0 saturated heterocycles. The highest BCUT2D eigenvalue weighted by atomic mass is 32.2. The molecule has 1 N–H and O–H groups in total. The molecule has 0 spiro atoms. The van der Waals surface area contributed by atoms with Crippen LogP contribution >= 0.6 is 11.8 Å². The zero-order valence-electron chi connectivity index (χ0n) is 9.09. The molecule has 86 valence electrons.